The maximum absolute atomic E-state index is 5.48. The van der Waals surface area contributed by atoms with Crippen LogP contribution in [0, 0.1) is 11.5 Å². The van der Waals surface area contributed by atoms with Gasteiger partial charge in [-0.25, -0.2) is 0 Å². The molecule has 0 atom stereocenters. The highest BCUT2D eigenvalue weighted by Gasteiger charge is 1.90. The monoisotopic (exact) mass is 110 g/mol. The van der Waals surface area contributed by atoms with Gasteiger partial charge in [0.05, 0.1) is 0 Å². The van der Waals surface area contributed by atoms with E-state index >= 15 is 0 Å². The van der Waals surface area contributed by atoms with Gasteiger partial charge in [0.15, 0.2) is 0 Å². The van der Waals surface area contributed by atoms with Crippen LogP contribution in [0.2, 0.25) is 0 Å². The smallest absolute Gasteiger partial charge is 0.0489 e. The zero-order valence-corrected chi connectivity index (χ0v) is 4.37. The molecule has 0 spiro atoms. The van der Waals surface area contributed by atoms with E-state index in [0.29, 0.717) is 5.38 Å². The summed E-state index contributed by atoms with van der Waals surface area (Å²) in [5.74, 6) is 0. The Balaban J connectivity index is 2.77. The van der Waals surface area contributed by atoms with E-state index in [4.69, 9.17) is 11.6 Å². The summed E-state index contributed by atoms with van der Waals surface area (Å²) in [7, 11) is 0. The summed E-state index contributed by atoms with van der Waals surface area (Å²) in [6.07, 6.45) is 7.84. The third kappa shape index (κ3) is 1.15. The van der Waals surface area contributed by atoms with Gasteiger partial charge in [0.1, 0.15) is 0 Å². The average molecular weight is 111 g/mol. The van der Waals surface area contributed by atoms with Gasteiger partial charge in [0.2, 0.25) is 0 Å². The second kappa shape index (κ2) is 1.92. The van der Waals surface area contributed by atoms with E-state index in [-0.39, 0.29) is 0 Å². The van der Waals surface area contributed by atoms with Crippen LogP contribution in [0.25, 0.3) is 0 Å². The van der Waals surface area contributed by atoms with Crippen LogP contribution in [0.15, 0.2) is 24.0 Å². The number of hydrogen-bond donors (Lipinski definition) is 0. The lowest BCUT2D eigenvalue weighted by Crippen LogP contribution is -1.74. The first kappa shape index (κ1) is 4.58. The molecule has 0 amide bonds. The van der Waals surface area contributed by atoms with E-state index in [0.717, 1.165) is 0 Å². The Labute approximate surface area is 47.8 Å². The van der Waals surface area contributed by atoms with E-state index in [1.165, 1.54) is 0 Å². The lowest BCUT2D eigenvalue weighted by atomic mass is 10.3. The van der Waals surface area contributed by atoms with Gasteiger partial charge in [-0.1, -0.05) is 11.6 Å². The maximum atomic E-state index is 5.48. The Morgan fingerprint density at radius 2 is 2.57 bits per heavy atom. The van der Waals surface area contributed by atoms with Crippen LogP contribution in [0.1, 0.15) is 0 Å². The first-order chi connectivity index (χ1) is 3.39. The molecule has 0 aromatic carbocycles. The summed E-state index contributed by atoms with van der Waals surface area (Å²) in [5, 5.41) is 0.683. The molecule has 0 aromatic rings. The van der Waals surface area contributed by atoms with Crippen LogP contribution in [0.3, 0.4) is 0 Å². The fraction of sp³-hybridized carbons (Fsp3) is 0. The molecule has 0 nitrogen and oxygen atoms in total. The van der Waals surface area contributed by atoms with Gasteiger partial charge in [-0.3, -0.25) is 0 Å². The molecule has 0 aromatic heterocycles. The first-order valence-electron chi connectivity index (χ1n) is 1.92. The SMILES string of the molecule is Cl[C+]1C=C=C[C-]=C1. The summed E-state index contributed by atoms with van der Waals surface area (Å²) in [6.45, 7) is 0. The average Bonchev–Trinajstić information content (AvgIpc) is 1.69. The first-order valence-corrected chi connectivity index (χ1v) is 2.30. The highest BCUT2D eigenvalue weighted by molar-refractivity contribution is 6.29. The summed E-state index contributed by atoms with van der Waals surface area (Å²) in [4.78, 5) is 0. The van der Waals surface area contributed by atoms with Crippen molar-refractivity contribution >= 4 is 11.6 Å². The van der Waals surface area contributed by atoms with Gasteiger partial charge in [-0.15, -0.1) is 5.73 Å². The molecule has 1 aliphatic carbocycles. The van der Waals surface area contributed by atoms with Gasteiger partial charge in [-0.2, -0.15) is 0 Å². The normalized spacial score (nSPS) is 15.9. The number of hydrogen-bond acceptors (Lipinski definition) is 0. The van der Waals surface area contributed by atoms with E-state index in [9.17, 15) is 0 Å². The number of rotatable bonds is 0. The topological polar surface area (TPSA) is 0 Å². The molecule has 0 bridgehead atoms. The zero-order valence-electron chi connectivity index (χ0n) is 3.61. The van der Waals surface area contributed by atoms with Crippen molar-refractivity contribution in [3.63, 3.8) is 0 Å². The highest BCUT2D eigenvalue weighted by atomic mass is 35.5. The summed E-state index contributed by atoms with van der Waals surface area (Å²) < 4.78 is 0. The van der Waals surface area contributed by atoms with Gasteiger partial charge in [0.25, 0.3) is 0 Å². The molecular formula is C6H3Cl. The Morgan fingerprint density at radius 3 is 2.86 bits per heavy atom. The molecule has 7 heavy (non-hydrogen) atoms. The fourth-order valence-electron chi connectivity index (χ4n) is 0.332. The van der Waals surface area contributed by atoms with E-state index in [1.54, 1.807) is 18.2 Å². The van der Waals surface area contributed by atoms with Crippen LogP contribution in [0.4, 0.5) is 0 Å². The van der Waals surface area contributed by atoms with Crippen molar-refractivity contribution in [3.05, 3.63) is 35.4 Å². The second-order valence-electron chi connectivity index (χ2n) is 1.15. The fourth-order valence-corrected chi connectivity index (χ4v) is 0.458. The molecule has 0 unspecified atom stereocenters. The Kier molecular flexibility index (Phi) is 1.26. The summed E-state index contributed by atoms with van der Waals surface area (Å²) in [5.41, 5.74) is 2.77. The third-order valence-corrected chi connectivity index (χ3v) is 0.827. The summed E-state index contributed by atoms with van der Waals surface area (Å²) >= 11 is 5.48. The number of halogens is 1. The van der Waals surface area contributed by atoms with Crippen molar-refractivity contribution in [2.45, 2.75) is 0 Å². The molecule has 0 heterocycles. The lowest BCUT2D eigenvalue weighted by molar-refractivity contribution is 1.59. The molecular weight excluding hydrogens is 108 g/mol. The standard InChI is InChI=1S/C6H3Cl/c7-6-4-2-1-3-5-6/h1,4-5H. The largest absolute Gasteiger partial charge is 0.119 e. The minimum atomic E-state index is 0.683. The minimum Gasteiger partial charge on any atom is -0.119 e. The van der Waals surface area contributed by atoms with Crippen LogP contribution in [-0.4, -0.2) is 0 Å². The van der Waals surface area contributed by atoms with Crippen LogP contribution in [0.5, 0.6) is 0 Å². The Bertz CT molecular complexity index is 138. The Morgan fingerprint density at radius 1 is 1.71 bits per heavy atom. The van der Waals surface area contributed by atoms with Crippen LogP contribution in [-0.2, 0) is 0 Å². The predicted molar refractivity (Wildman–Crippen MR) is 29.6 cm³/mol. The Hall–Kier alpha value is -0.580. The van der Waals surface area contributed by atoms with Crippen molar-refractivity contribution in [3.8, 4) is 0 Å². The molecule has 0 radical (unpaired) electrons. The van der Waals surface area contributed by atoms with Crippen LogP contribution >= 0.6 is 11.6 Å². The zero-order chi connectivity index (χ0) is 5.11. The predicted octanol–water partition coefficient (Wildman–Crippen LogP) is 1.84. The molecule has 0 fully saturated rings. The van der Waals surface area contributed by atoms with E-state index in [1.807, 2.05) is 0 Å². The second-order valence-corrected chi connectivity index (χ2v) is 1.59. The molecule has 34 valence electrons. The van der Waals surface area contributed by atoms with E-state index in [2.05, 4.69) is 11.8 Å². The quantitative estimate of drug-likeness (QED) is 0.330. The van der Waals surface area contributed by atoms with Gasteiger partial charge < -0.3 is 0 Å². The number of allylic oxidation sites excluding steroid dienone is 3. The van der Waals surface area contributed by atoms with Crippen molar-refractivity contribution in [2.24, 2.45) is 0 Å². The molecule has 0 N–H and O–H groups in total. The molecule has 0 aliphatic heterocycles. The van der Waals surface area contributed by atoms with E-state index < -0.39 is 0 Å². The molecule has 1 rings (SSSR count). The molecule has 1 heteroatoms. The van der Waals surface area contributed by atoms with Gasteiger partial charge in [0, 0.05) is 5.38 Å². The van der Waals surface area contributed by atoms with Crippen molar-refractivity contribution in [2.75, 3.05) is 0 Å². The maximum Gasteiger partial charge on any atom is 0.0489 e. The molecule has 0 saturated carbocycles. The molecule has 0 saturated heterocycles. The van der Waals surface area contributed by atoms with Crippen LogP contribution < -0.4 is 0 Å². The summed E-state index contributed by atoms with van der Waals surface area (Å²) in [6, 6.07) is 0. The van der Waals surface area contributed by atoms with Crippen molar-refractivity contribution in [1.82, 2.24) is 0 Å². The van der Waals surface area contributed by atoms with Gasteiger partial charge >= 0.3 is 0 Å². The van der Waals surface area contributed by atoms with Crippen molar-refractivity contribution < 1.29 is 0 Å². The lowest BCUT2D eigenvalue weighted by Gasteiger charge is -1.91. The van der Waals surface area contributed by atoms with Gasteiger partial charge in [-0.05, 0) is 24.3 Å². The third-order valence-electron chi connectivity index (χ3n) is 0.609. The van der Waals surface area contributed by atoms with Crippen molar-refractivity contribution in [1.29, 1.82) is 0 Å². The minimum absolute atomic E-state index is 0.683. The molecule has 1 aliphatic rings. The highest BCUT2D eigenvalue weighted by Crippen LogP contribution is 2.10.